The number of ketones is 1. The monoisotopic (exact) mass is 248 g/mol. The first kappa shape index (κ1) is 11.5. The van der Waals surface area contributed by atoms with E-state index in [0.717, 1.165) is 12.8 Å². The zero-order valence-electron chi connectivity index (χ0n) is 10.0. The van der Waals surface area contributed by atoms with Crippen molar-refractivity contribution in [1.29, 1.82) is 0 Å². The van der Waals surface area contributed by atoms with E-state index in [1.165, 1.54) is 0 Å². The molecule has 1 fully saturated rings. The van der Waals surface area contributed by atoms with Crippen LogP contribution >= 0.6 is 0 Å². The molecule has 1 aliphatic carbocycles. The molecule has 2 atom stereocenters. The van der Waals surface area contributed by atoms with Crippen LogP contribution in [-0.2, 0) is 0 Å². The molecular weight excluding hydrogens is 232 g/mol. The fourth-order valence-corrected chi connectivity index (χ4v) is 2.65. The Hall–Kier alpha value is -1.59. The minimum absolute atomic E-state index is 0.106. The van der Waals surface area contributed by atoms with E-state index >= 15 is 0 Å². The summed E-state index contributed by atoms with van der Waals surface area (Å²) in [6.07, 6.45) is 2.34. The number of hydrogen-bond donors (Lipinski definition) is 2. The molecule has 4 N–H and O–H groups in total. The molecule has 0 bridgehead atoms. The van der Waals surface area contributed by atoms with E-state index < -0.39 is 5.54 Å². The normalized spacial score (nSPS) is 29.6. The first-order chi connectivity index (χ1) is 8.61. The van der Waals surface area contributed by atoms with Gasteiger partial charge in [0.15, 0.2) is 17.3 Å². The zero-order valence-corrected chi connectivity index (χ0v) is 10.0. The highest BCUT2D eigenvalue weighted by molar-refractivity contribution is 6.04. The van der Waals surface area contributed by atoms with Gasteiger partial charge >= 0.3 is 0 Å². The number of carbonyl (C=O) groups is 1. The average Bonchev–Trinajstić information content (AvgIpc) is 2.96. The van der Waals surface area contributed by atoms with Crippen LogP contribution in [0.1, 0.15) is 29.6 Å². The highest BCUT2D eigenvalue weighted by Gasteiger charge is 2.44. The highest BCUT2D eigenvalue weighted by atomic mass is 16.7. The van der Waals surface area contributed by atoms with Crippen LogP contribution in [0.3, 0.4) is 0 Å². The third-order valence-corrected chi connectivity index (χ3v) is 3.82. The number of carbonyl (C=O) groups excluding carboxylic acids is 1. The van der Waals surface area contributed by atoms with E-state index in [4.69, 9.17) is 20.9 Å². The lowest BCUT2D eigenvalue weighted by Crippen LogP contribution is -2.57. The molecule has 0 amide bonds. The van der Waals surface area contributed by atoms with Gasteiger partial charge in [0.05, 0.1) is 5.54 Å². The molecule has 5 nitrogen and oxygen atoms in total. The number of rotatable bonds is 2. The first-order valence-corrected chi connectivity index (χ1v) is 6.10. The van der Waals surface area contributed by atoms with Gasteiger partial charge in [0.1, 0.15) is 0 Å². The van der Waals surface area contributed by atoms with Gasteiger partial charge in [-0.25, -0.2) is 0 Å². The third kappa shape index (κ3) is 1.59. The van der Waals surface area contributed by atoms with Crippen molar-refractivity contribution in [3.05, 3.63) is 23.8 Å². The van der Waals surface area contributed by atoms with Gasteiger partial charge in [-0.15, -0.1) is 0 Å². The van der Waals surface area contributed by atoms with Crippen molar-refractivity contribution < 1.29 is 14.3 Å². The number of hydrogen-bond acceptors (Lipinski definition) is 5. The Labute approximate surface area is 105 Å². The summed E-state index contributed by atoms with van der Waals surface area (Å²) in [5.74, 6) is 1.15. The minimum Gasteiger partial charge on any atom is -0.454 e. The van der Waals surface area contributed by atoms with Crippen LogP contribution in [0.15, 0.2) is 18.2 Å². The third-order valence-electron chi connectivity index (χ3n) is 3.82. The van der Waals surface area contributed by atoms with E-state index in [1.807, 2.05) is 0 Å². The van der Waals surface area contributed by atoms with Gasteiger partial charge in [-0.05, 0) is 37.5 Å². The number of nitrogens with two attached hydrogens (primary N) is 2. The molecule has 3 rings (SSSR count). The van der Waals surface area contributed by atoms with Crippen LogP contribution in [0.25, 0.3) is 0 Å². The van der Waals surface area contributed by atoms with Crippen molar-refractivity contribution in [1.82, 2.24) is 0 Å². The molecule has 1 saturated carbocycles. The quantitative estimate of drug-likeness (QED) is 0.756. The Kier molecular flexibility index (Phi) is 2.53. The summed E-state index contributed by atoms with van der Waals surface area (Å²) in [5, 5.41) is 0. The lowest BCUT2D eigenvalue weighted by atomic mass is 9.86. The summed E-state index contributed by atoms with van der Waals surface area (Å²) in [7, 11) is 0. The van der Waals surface area contributed by atoms with E-state index in [9.17, 15) is 4.79 Å². The molecule has 1 aromatic rings. The van der Waals surface area contributed by atoms with Gasteiger partial charge in [-0.3, -0.25) is 4.79 Å². The second-order valence-corrected chi connectivity index (χ2v) is 4.94. The summed E-state index contributed by atoms with van der Waals surface area (Å²) in [5.41, 5.74) is 11.7. The lowest BCUT2D eigenvalue weighted by Gasteiger charge is -2.27. The summed E-state index contributed by atoms with van der Waals surface area (Å²) < 4.78 is 10.5. The largest absolute Gasteiger partial charge is 0.454 e. The molecule has 0 aromatic heterocycles. The predicted molar refractivity (Wildman–Crippen MR) is 65.6 cm³/mol. The van der Waals surface area contributed by atoms with Crippen molar-refractivity contribution in [3.8, 4) is 11.5 Å². The maximum absolute atomic E-state index is 12.5. The Morgan fingerprint density at radius 3 is 2.83 bits per heavy atom. The van der Waals surface area contributed by atoms with E-state index in [0.29, 0.717) is 23.5 Å². The summed E-state index contributed by atoms with van der Waals surface area (Å²) >= 11 is 0. The van der Waals surface area contributed by atoms with Crippen LogP contribution in [0, 0.1) is 0 Å². The molecule has 1 aliphatic heterocycles. The van der Waals surface area contributed by atoms with E-state index in [1.54, 1.807) is 18.2 Å². The fourth-order valence-electron chi connectivity index (χ4n) is 2.65. The SMILES string of the molecule is NC1CCCC1(N)C(=O)c1ccc2c(c1)OCO2. The zero-order chi connectivity index (χ0) is 12.8. The smallest absolute Gasteiger partial charge is 0.231 e. The Morgan fingerprint density at radius 1 is 1.33 bits per heavy atom. The molecule has 18 heavy (non-hydrogen) atoms. The van der Waals surface area contributed by atoms with Crippen molar-refractivity contribution in [2.45, 2.75) is 30.8 Å². The number of benzene rings is 1. The standard InChI is InChI=1S/C13H16N2O3/c14-11-2-1-5-13(11,15)12(16)8-3-4-9-10(6-8)18-7-17-9/h3-4,6,11H,1-2,5,7,14-15H2. The van der Waals surface area contributed by atoms with E-state index in [2.05, 4.69) is 0 Å². The van der Waals surface area contributed by atoms with Gasteiger partial charge in [0.25, 0.3) is 0 Å². The van der Waals surface area contributed by atoms with Gasteiger partial charge in [0.2, 0.25) is 6.79 Å². The van der Waals surface area contributed by atoms with Crippen LogP contribution < -0.4 is 20.9 Å². The molecule has 0 saturated heterocycles. The minimum atomic E-state index is -0.937. The van der Waals surface area contributed by atoms with Crippen LogP contribution in [0.2, 0.25) is 0 Å². The number of Topliss-reactive ketones (excluding diaryl/α,β-unsaturated/α-hetero) is 1. The van der Waals surface area contributed by atoms with Crippen LogP contribution in [0.4, 0.5) is 0 Å². The maximum Gasteiger partial charge on any atom is 0.231 e. The lowest BCUT2D eigenvalue weighted by molar-refractivity contribution is 0.0879. The first-order valence-electron chi connectivity index (χ1n) is 6.10. The van der Waals surface area contributed by atoms with Gasteiger partial charge in [-0.2, -0.15) is 0 Å². The van der Waals surface area contributed by atoms with Crippen molar-refractivity contribution in [2.24, 2.45) is 11.5 Å². The van der Waals surface area contributed by atoms with Crippen molar-refractivity contribution in [3.63, 3.8) is 0 Å². The van der Waals surface area contributed by atoms with Gasteiger partial charge in [-0.1, -0.05) is 0 Å². The topological polar surface area (TPSA) is 87.6 Å². The molecule has 5 heteroatoms. The molecule has 0 radical (unpaired) electrons. The predicted octanol–water partition coefficient (Wildman–Crippen LogP) is 0.807. The van der Waals surface area contributed by atoms with E-state index in [-0.39, 0.29) is 18.6 Å². The summed E-state index contributed by atoms with van der Waals surface area (Å²) in [6.45, 7) is 0.195. The Balaban J connectivity index is 1.93. The molecule has 1 aromatic carbocycles. The van der Waals surface area contributed by atoms with Crippen molar-refractivity contribution in [2.75, 3.05) is 6.79 Å². The second-order valence-electron chi connectivity index (χ2n) is 4.94. The molecule has 0 spiro atoms. The van der Waals surface area contributed by atoms with Gasteiger partial charge < -0.3 is 20.9 Å². The number of fused-ring (bicyclic) bond motifs is 1. The van der Waals surface area contributed by atoms with Gasteiger partial charge in [0, 0.05) is 11.6 Å². The highest BCUT2D eigenvalue weighted by Crippen LogP contribution is 2.35. The molecule has 96 valence electrons. The summed E-state index contributed by atoms with van der Waals surface area (Å²) in [4.78, 5) is 12.5. The molecular formula is C13H16N2O3. The Bertz CT molecular complexity index is 503. The van der Waals surface area contributed by atoms with Crippen LogP contribution in [-0.4, -0.2) is 24.2 Å². The van der Waals surface area contributed by atoms with Crippen LogP contribution in [0.5, 0.6) is 11.5 Å². The Morgan fingerprint density at radius 2 is 2.11 bits per heavy atom. The molecule has 1 heterocycles. The fraction of sp³-hybridized carbons (Fsp3) is 0.462. The maximum atomic E-state index is 12.5. The average molecular weight is 248 g/mol. The number of ether oxygens (including phenoxy) is 2. The molecule has 2 aliphatic rings. The second kappa shape index (κ2) is 3.96. The summed E-state index contributed by atoms with van der Waals surface area (Å²) in [6, 6.07) is 4.87. The molecule has 2 unspecified atom stereocenters. The van der Waals surface area contributed by atoms with Crippen molar-refractivity contribution >= 4 is 5.78 Å².